The van der Waals surface area contributed by atoms with Crippen molar-refractivity contribution in [1.82, 2.24) is 0 Å². The third-order valence-corrected chi connectivity index (χ3v) is 2.10. The zero-order valence-corrected chi connectivity index (χ0v) is 13.2. The predicted octanol–water partition coefficient (Wildman–Crippen LogP) is 0.00832. The average Bonchev–Trinajstić information content (AvgIpc) is 2.19. The second kappa shape index (κ2) is 7.63. The monoisotopic (exact) mass is 268 g/mol. The maximum atomic E-state index is 12.7. The van der Waals surface area contributed by atoms with E-state index < -0.39 is 12.4 Å². The van der Waals surface area contributed by atoms with Crippen LogP contribution in [0.2, 0.25) is 0 Å². The van der Waals surface area contributed by atoms with Crippen molar-refractivity contribution in [2.45, 2.75) is 13.3 Å². The van der Waals surface area contributed by atoms with E-state index in [0.29, 0.717) is 12.0 Å². The SMILES string of the molecule is C=CCCOc1ccc(C)cc1[B-](F)(F)F.[K+]. The zero-order valence-electron chi connectivity index (χ0n) is 10.1. The Morgan fingerprint density at radius 1 is 1.35 bits per heavy atom. The van der Waals surface area contributed by atoms with Gasteiger partial charge in [0.15, 0.2) is 0 Å². The Labute approximate surface area is 142 Å². The van der Waals surface area contributed by atoms with Crippen molar-refractivity contribution in [1.29, 1.82) is 0 Å². The molecule has 0 aliphatic heterocycles. The van der Waals surface area contributed by atoms with Crippen LogP contribution in [-0.4, -0.2) is 13.6 Å². The largest absolute Gasteiger partial charge is 1.00 e. The smallest absolute Gasteiger partial charge is 0.496 e. The minimum atomic E-state index is -5.03. The Morgan fingerprint density at radius 3 is 2.53 bits per heavy atom. The molecule has 1 aromatic rings. The normalized spacial score (nSPS) is 10.6. The summed E-state index contributed by atoms with van der Waals surface area (Å²) in [6, 6.07) is 4.08. The molecular weight excluding hydrogens is 255 g/mol. The number of aryl methyl sites for hydroxylation is 1. The van der Waals surface area contributed by atoms with E-state index in [2.05, 4.69) is 6.58 Å². The molecule has 1 rings (SSSR count). The van der Waals surface area contributed by atoms with Crippen LogP contribution in [0.1, 0.15) is 12.0 Å². The summed E-state index contributed by atoms with van der Waals surface area (Å²) in [7, 11) is 0. The van der Waals surface area contributed by atoms with E-state index in [9.17, 15) is 12.9 Å². The third-order valence-electron chi connectivity index (χ3n) is 2.10. The summed E-state index contributed by atoms with van der Waals surface area (Å²) in [5.74, 6) is -0.0973. The van der Waals surface area contributed by atoms with Crippen LogP contribution in [0.15, 0.2) is 30.9 Å². The molecule has 0 amide bonds. The molecule has 0 bridgehead atoms. The Hall–Kier alpha value is 0.251. The Kier molecular flexibility index (Phi) is 7.75. The van der Waals surface area contributed by atoms with Gasteiger partial charge < -0.3 is 17.7 Å². The van der Waals surface area contributed by atoms with Crippen molar-refractivity contribution >= 4 is 12.4 Å². The van der Waals surface area contributed by atoms with E-state index in [1.807, 2.05) is 0 Å². The fourth-order valence-corrected chi connectivity index (χ4v) is 1.31. The first-order valence-electron chi connectivity index (χ1n) is 4.99. The predicted molar refractivity (Wildman–Crippen MR) is 60.2 cm³/mol. The molecule has 0 saturated heterocycles. The molecule has 0 atom stereocenters. The molecule has 0 radical (unpaired) electrons. The van der Waals surface area contributed by atoms with Crippen molar-refractivity contribution in [3.05, 3.63) is 36.4 Å². The van der Waals surface area contributed by atoms with Gasteiger partial charge in [0.05, 0.1) is 12.4 Å². The van der Waals surface area contributed by atoms with Crippen LogP contribution in [0, 0.1) is 6.92 Å². The molecule has 0 aromatic heterocycles. The molecule has 0 fully saturated rings. The molecular formula is C11H13BF3KO. The molecule has 1 nitrogen and oxygen atoms in total. The van der Waals surface area contributed by atoms with E-state index in [-0.39, 0.29) is 63.7 Å². The van der Waals surface area contributed by atoms with Crippen molar-refractivity contribution < 1.29 is 69.1 Å². The Morgan fingerprint density at radius 2 is 2.00 bits per heavy atom. The average molecular weight is 268 g/mol. The summed E-state index contributed by atoms with van der Waals surface area (Å²) >= 11 is 0. The van der Waals surface area contributed by atoms with Gasteiger partial charge in [-0.05, 0) is 19.4 Å². The van der Waals surface area contributed by atoms with Gasteiger partial charge in [-0.15, -0.1) is 6.58 Å². The van der Waals surface area contributed by atoms with Crippen LogP contribution in [0.25, 0.3) is 0 Å². The summed E-state index contributed by atoms with van der Waals surface area (Å²) in [6.45, 7) is 0.289. The van der Waals surface area contributed by atoms with Gasteiger partial charge in [0.2, 0.25) is 0 Å². The summed E-state index contributed by atoms with van der Waals surface area (Å²) < 4.78 is 43.2. The quantitative estimate of drug-likeness (QED) is 0.415. The molecule has 6 heteroatoms. The van der Waals surface area contributed by atoms with E-state index in [4.69, 9.17) is 4.74 Å². The number of rotatable bonds is 5. The van der Waals surface area contributed by atoms with Crippen LogP contribution < -0.4 is 61.6 Å². The fourth-order valence-electron chi connectivity index (χ4n) is 1.31. The molecule has 1 aromatic carbocycles. The van der Waals surface area contributed by atoms with Crippen LogP contribution in [0.4, 0.5) is 12.9 Å². The number of halogens is 3. The van der Waals surface area contributed by atoms with Gasteiger partial charge in [-0.25, -0.2) is 0 Å². The van der Waals surface area contributed by atoms with Gasteiger partial charge in [-0.3, -0.25) is 0 Å². The van der Waals surface area contributed by atoms with Crippen molar-refractivity contribution in [3.63, 3.8) is 0 Å². The molecule has 0 unspecified atom stereocenters. The minimum Gasteiger partial charge on any atom is -0.496 e. The zero-order chi connectivity index (χ0) is 12.2. The number of hydrogen-bond acceptors (Lipinski definition) is 1. The second-order valence-corrected chi connectivity index (χ2v) is 3.54. The molecule has 0 heterocycles. The topological polar surface area (TPSA) is 9.23 Å². The first-order valence-corrected chi connectivity index (χ1v) is 4.99. The van der Waals surface area contributed by atoms with Crippen molar-refractivity contribution in [2.24, 2.45) is 0 Å². The summed E-state index contributed by atoms with van der Waals surface area (Å²) in [4.78, 5) is 0. The van der Waals surface area contributed by atoms with Gasteiger partial charge in [-0.2, -0.15) is 0 Å². The summed E-state index contributed by atoms with van der Waals surface area (Å²) in [5, 5.41) is 0. The first kappa shape index (κ1) is 17.3. The second-order valence-electron chi connectivity index (χ2n) is 3.54. The third kappa shape index (κ3) is 5.61. The van der Waals surface area contributed by atoms with Crippen LogP contribution in [0.5, 0.6) is 5.75 Å². The molecule has 88 valence electrons. The van der Waals surface area contributed by atoms with Gasteiger partial charge in [-0.1, -0.05) is 29.2 Å². The molecule has 0 saturated carbocycles. The van der Waals surface area contributed by atoms with Gasteiger partial charge >= 0.3 is 58.4 Å². The van der Waals surface area contributed by atoms with Gasteiger partial charge in [0.25, 0.3) is 0 Å². The fraction of sp³-hybridized carbons (Fsp3) is 0.273. The minimum absolute atomic E-state index is 0. The van der Waals surface area contributed by atoms with Gasteiger partial charge in [0, 0.05) is 0 Å². The molecule has 0 aliphatic rings. The number of benzene rings is 1. The van der Waals surface area contributed by atoms with E-state index in [0.717, 1.165) is 6.07 Å². The van der Waals surface area contributed by atoms with Crippen LogP contribution in [0.3, 0.4) is 0 Å². The van der Waals surface area contributed by atoms with Crippen LogP contribution in [-0.2, 0) is 0 Å². The molecule has 0 N–H and O–H groups in total. The Bertz CT molecular complexity index is 379. The molecule has 0 spiro atoms. The first-order chi connectivity index (χ1) is 7.45. The van der Waals surface area contributed by atoms with Gasteiger partial charge in [0.1, 0.15) is 0 Å². The number of ether oxygens (including phenoxy) is 1. The van der Waals surface area contributed by atoms with Crippen molar-refractivity contribution in [3.8, 4) is 5.75 Å². The van der Waals surface area contributed by atoms with Crippen molar-refractivity contribution in [2.75, 3.05) is 6.61 Å². The maximum absolute atomic E-state index is 12.7. The summed E-state index contributed by atoms with van der Waals surface area (Å²) in [6.07, 6.45) is 2.13. The molecule has 17 heavy (non-hydrogen) atoms. The summed E-state index contributed by atoms with van der Waals surface area (Å²) in [5.41, 5.74) is -0.0886. The van der Waals surface area contributed by atoms with E-state index in [1.165, 1.54) is 6.07 Å². The Balaban J connectivity index is 0.00000256. The van der Waals surface area contributed by atoms with E-state index >= 15 is 0 Å². The van der Waals surface area contributed by atoms with E-state index in [1.54, 1.807) is 19.1 Å². The standard InChI is InChI=1S/C11H13BF3O.K/c1-3-4-7-16-11-6-5-9(2)8-10(11)12(13,14)15;/h3,5-6,8H,1,4,7H2,2H3;/q-1;+1. The molecule has 0 aliphatic carbocycles. The number of hydrogen-bond donors (Lipinski definition) is 0. The maximum Gasteiger partial charge on any atom is 1.00 e. The van der Waals surface area contributed by atoms with Crippen LogP contribution >= 0.6 is 0 Å².